The van der Waals surface area contributed by atoms with Crippen molar-refractivity contribution in [1.82, 2.24) is 19.9 Å². The Bertz CT molecular complexity index is 1050. The number of carboxylic acid groups (broad SMARTS) is 1. The van der Waals surface area contributed by atoms with Gasteiger partial charge in [-0.25, -0.2) is 19.9 Å². The number of anilines is 1. The number of carboxylic acids is 1. The molecule has 0 spiro atoms. The van der Waals surface area contributed by atoms with Gasteiger partial charge < -0.3 is 15.2 Å². The van der Waals surface area contributed by atoms with Crippen LogP contribution in [-0.4, -0.2) is 44.7 Å². The number of nitrogens with one attached hydrogen (secondary N) is 1. The highest BCUT2D eigenvalue weighted by atomic mass is 32.1. The van der Waals surface area contributed by atoms with Crippen LogP contribution in [0.5, 0.6) is 6.01 Å². The van der Waals surface area contributed by atoms with E-state index in [9.17, 15) is 9.90 Å². The fraction of sp³-hybridized carbons (Fsp3) is 0.435. The van der Waals surface area contributed by atoms with Crippen LogP contribution < -0.4 is 10.1 Å². The van der Waals surface area contributed by atoms with E-state index in [4.69, 9.17) is 14.7 Å². The van der Waals surface area contributed by atoms with Crippen molar-refractivity contribution in [3.63, 3.8) is 0 Å². The maximum atomic E-state index is 11.4. The van der Waals surface area contributed by atoms with E-state index in [2.05, 4.69) is 27.4 Å². The Morgan fingerprint density at radius 3 is 2.72 bits per heavy atom. The Labute approximate surface area is 191 Å². The molecule has 1 atom stereocenters. The summed E-state index contributed by atoms with van der Waals surface area (Å²) in [6.45, 7) is 1.00. The van der Waals surface area contributed by atoms with Crippen LogP contribution in [0.4, 0.5) is 5.82 Å². The SMILES string of the molecule is COc1ncc([C@@H](CC(=O)O)c2nc(CCCCc3ccc4c(n3)NCCC4)cs2)cn1. The summed E-state index contributed by atoms with van der Waals surface area (Å²) in [6.07, 6.45) is 9.28. The van der Waals surface area contributed by atoms with E-state index in [1.165, 1.54) is 30.4 Å². The molecule has 0 saturated carbocycles. The number of ether oxygens (including phenoxy) is 1. The second kappa shape index (κ2) is 10.5. The number of thiazole rings is 1. The number of hydrogen-bond donors (Lipinski definition) is 2. The van der Waals surface area contributed by atoms with E-state index in [1.807, 2.05) is 5.38 Å². The maximum absolute atomic E-state index is 11.4. The summed E-state index contributed by atoms with van der Waals surface area (Å²) in [5.41, 5.74) is 4.16. The van der Waals surface area contributed by atoms with E-state index in [0.717, 1.165) is 66.4 Å². The second-order valence-corrected chi connectivity index (χ2v) is 8.77. The zero-order chi connectivity index (χ0) is 22.3. The first-order valence-corrected chi connectivity index (χ1v) is 11.7. The number of fused-ring (bicyclic) bond motifs is 1. The molecule has 0 aromatic carbocycles. The summed E-state index contributed by atoms with van der Waals surface area (Å²) < 4.78 is 4.99. The molecule has 0 bridgehead atoms. The van der Waals surface area contributed by atoms with Gasteiger partial charge >= 0.3 is 12.0 Å². The highest BCUT2D eigenvalue weighted by Crippen LogP contribution is 2.30. The number of pyridine rings is 1. The molecule has 3 aromatic heterocycles. The predicted molar refractivity (Wildman–Crippen MR) is 122 cm³/mol. The molecule has 1 aliphatic rings. The van der Waals surface area contributed by atoms with Crippen molar-refractivity contribution in [2.24, 2.45) is 0 Å². The average Bonchev–Trinajstić information content (AvgIpc) is 3.29. The van der Waals surface area contributed by atoms with Gasteiger partial charge in [-0.3, -0.25) is 4.79 Å². The Morgan fingerprint density at radius 2 is 1.97 bits per heavy atom. The van der Waals surface area contributed by atoms with Crippen molar-refractivity contribution in [1.29, 1.82) is 0 Å². The topological polar surface area (TPSA) is 110 Å². The van der Waals surface area contributed by atoms with Gasteiger partial charge in [0, 0.05) is 35.9 Å². The second-order valence-electron chi connectivity index (χ2n) is 7.88. The van der Waals surface area contributed by atoms with Gasteiger partial charge in [0.05, 0.1) is 19.2 Å². The zero-order valence-corrected chi connectivity index (χ0v) is 18.9. The highest BCUT2D eigenvalue weighted by Gasteiger charge is 2.22. The average molecular weight is 454 g/mol. The first-order valence-electron chi connectivity index (χ1n) is 10.9. The molecule has 3 aromatic rings. The predicted octanol–water partition coefficient (Wildman–Crippen LogP) is 3.87. The summed E-state index contributed by atoms with van der Waals surface area (Å²) >= 11 is 1.49. The van der Waals surface area contributed by atoms with E-state index in [-0.39, 0.29) is 18.3 Å². The third-order valence-electron chi connectivity index (χ3n) is 5.55. The molecule has 4 rings (SSSR count). The summed E-state index contributed by atoms with van der Waals surface area (Å²) in [6, 6.07) is 4.59. The van der Waals surface area contributed by atoms with Crippen molar-refractivity contribution < 1.29 is 14.6 Å². The normalized spacial score (nSPS) is 13.8. The number of aliphatic carboxylic acids is 1. The molecule has 168 valence electrons. The Morgan fingerprint density at radius 1 is 1.19 bits per heavy atom. The molecule has 32 heavy (non-hydrogen) atoms. The number of unbranched alkanes of at least 4 members (excludes halogenated alkanes) is 1. The third-order valence-corrected chi connectivity index (χ3v) is 6.55. The molecule has 0 amide bonds. The van der Waals surface area contributed by atoms with Gasteiger partial charge in [-0.15, -0.1) is 11.3 Å². The molecular weight excluding hydrogens is 426 g/mol. The molecule has 0 saturated heterocycles. The highest BCUT2D eigenvalue weighted by molar-refractivity contribution is 7.09. The van der Waals surface area contributed by atoms with Crippen molar-refractivity contribution >= 4 is 23.1 Å². The largest absolute Gasteiger partial charge is 0.481 e. The Hall–Kier alpha value is -3.07. The third kappa shape index (κ3) is 5.59. The van der Waals surface area contributed by atoms with Gasteiger partial charge in [0.25, 0.3) is 0 Å². The lowest BCUT2D eigenvalue weighted by Gasteiger charge is -2.17. The standard InChI is InChI=1S/C23H27N5O3S/c1-31-23-25-12-16(13-26-23)19(11-20(29)30)22-28-18(14-32-22)7-3-2-6-17-9-8-15-5-4-10-24-21(15)27-17/h8-9,12-14,19H,2-7,10-11H2,1H3,(H,24,27)(H,29,30)/t19-/m1/s1. The van der Waals surface area contributed by atoms with Crippen LogP contribution in [0.3, 0.4) is 0 Å². The van der Waals surface area contributed by atoms with Crippen LogP contribution in [0.15, 0.2) is 29.9 Å². The van der Waals surface area contributed by atoms with Gasteiger partial charge in [0.1, 0.15) is 10.8 Å². The van der Waals surface area contributed by atoms with Crippen molar-refractivity contribution in [3.05, 3.63) is 57.4 Å². The number of rotatable bonds is 10. The lowest BCUT2D eigenvalue weighted by Crippen LogP contribution is -2.14. The van der Waals surface area contributed by atoms with E-state index in [0.29, 0.717) is 0 Å². The number of nitrogens with zero attached hydrogens (tertiary/aromatic N) is 4. The Balaban J connectivity index is 1.34. The molecule has 4 heterocycles. The molecular formula is C23H27N5O3S. The summed E-state index contributed by atoms with van der Waals surface area (Å²) in [7, 11) is 1.50. The van der Waals surface area contributed by atoms with Gasteiger partial charge in [-0.05, 0) is 55.7 Å². The smallest absolute Gasteiger partial charge is 0.316 e. The van der Waals surface area contributed by atoms with Gasteiger partial charge in [-0.1, -0.05) is 6.07 Å². The molecule has 2 N–H and O–H groups in total. The number of aryl methyl sites for hydroxylation is 3. The zero-order valence-electron chi connectivity index (χ0n) is 18.1. The molecule has 0 fully saturated rings. The van der Waals surface area contributed by atoms with E-state index >= 15 is 0 Å². The van der Waals surface area contributed by atoms with Gasteiger partial charge in [-0.2, -0.15) is 0 Å². The van der Waals surface area contributed by atoms with Crippen LogP contribution >= 0.6 is 11.3 Å². The quantitative estimate of drug-likeness (QED) is 0.445. The van der Waals surface area contributed by atoms with Crippen molar-refractivity contribution in [3.8, 4) is 6.01 Å². The van der Waals surface area contributed by atoms with Crippen LogP contribution in [-0.2, 0) is 24.1 Å². The van der Waals surface area contributed by atoms with Crippen LogP contribution in [0.1, 0.15) is 59.1 Å². The number of aromatic nitrogens is 4. The fourth-order valence-electron chi connectivity index (χ4n) is 3.85. The minimum atomic E-state index is -0.880. The van der Waals surface area contributed by atoms with Gasteiger partial charge in [0.2, 0.25) is 0 Å². The minimum absolute atomic E-state index is 0.0549. The fourth-order valence-corrected chi connectivity index (χ4v) is 4.83. The molecule has 0 radical (unpaired) electrons. The van der Waals surface area contributed by atoms with Crippen LogP contribution in [0.2, 0.25) is 0 Å². The van der Waals surface area contributed by atoms with Crippen molar-refractivity contribution in [2.45, 2.75) is 50.9 Å². The first-order chi connectivity index (χ1) is 15.6. The lowest BCUT2D eigenvalue weighted by atomic mass is 9.99. The summed E-state index contributed by atoms with van der Waals surface area (Å²) in [4.78, 5) is 29.1. The number of carbonyl (C=O) groups is 1. The maximum Gasteiger partial charge on any atom is 0.316 e. The molecule has 1 aliphatic heterocycles. The molecule has 9 heteroatoms. The van der Waals surface area contributed by atoms with Crippen molar-refractivity contribution in [2.75, 3.05) is 19.0 Å². The summed E-state index contributed by atoms with van der Waals surface area (Å²) in [5, 5.41) is 15.6. The first kappa shape index (κ1) is 22.1. The van der Waals surface area contributed by atoms with E-state index in [1.54, 1.807) is 12.4 Å². The number of methoxy groups -OCH3 is 1. The monoisotopic (exact) mass is 453 g/mol. The summed E-state index contributed by atoms with van der Waals surface area (Å²) in [5.74, 6) is -0.205. The van der Waals surface area contributed by atoms with Crippen LogP contribution in [0, 0.1) is 0 Å². The van der Waals surface area contributed by atoms with Gasteiger partial charge in [0.15, 0.2) is 0 Å². The molecule has 0 unspecified atom stereocenters. The Kier molecular flexibility index (Phi) is 7.26. The number of hydrogen-bond acceptors (Lipinski definition) is 8. The molecule has 8 nitrogen and oxygen atoms in total. The molecule has 0 aliphatic carbocycles. The van der Waals surface area contributed by atoms with E-state index < -0.39 is 5.97 Å². The lowest BCUT2D eigenvalue weighted by molar-refractivity contribution is -0.137. The minimum Gasteiger partial charge on any atom is -0.481 e. The van der Waals surface area contributed by atoms with Crippen LogP contribution in [0.25, 0.3) is 0 Å².